The van der Waals surface area contributed by atoms with E-state index in [2.05, 4.69) is 0 Å². The molecule has 0 saturated carbocycles. The Hall–Kier alpha value is -2.37. The van der Waals surface area contributed by atoms with Gasteiger partial charge in [0, 0.05) is 13.6 Å². The molecular formula is C13H14N2O4. The van der Waals surface area contributed by atoms with Crippen molar-refractivity contribution in [2.75, 3.05) is 7.05 Å². The maximum Gasteiger partial charge on any atom is 0.408 e. The number of hydrogen-bond acceptors (Lipinski definition) is 3. The van der Waals surface area contributed by atoms with Crippen LogP contribution in [0.3, 0.4) is 0 Å². The molecule has 6 nitrogen and oxygen atoms in total. The molecule has 3 amide bonds. The van der Waals surface area contributed by atoms with Gasteiger partial charge in [-0.2, -0.15) is 0 Å². The van der Waals surface area contributed by atoms with E-state index in [4.69, 9.17) is 0 Å². The second-order valence-corrected chi connectivity index (χ2v) is 4.41. The van der Waals surface area contributed by atoms with Crippen LogP contribution in [0.4, 0.5) is 4.79 Å². The van der Waals surface area contributed by atoms with Gasteiger partial charge < -0.3 is 5.11 Å². The summed E-state index contributed by atoms with van der Waals surface area (Å²) in [6, 6.07) is 8.05. The lowest BCUT2D eigenvalue weighted by molar-refractivity contribution is -0.138. The number of amides is 3. The van der Waals surface area contributed by atoms with Crippen LogP contribution in [0.2, 0.25) is 0 Å². The summed E-state index contributed by atoms with van der Waals surface area (Å²) >= 11 is 0. The van der Waals surface area contributed by atoms with Crippen LogP contribution in [0.25, 0.3) is 0 Å². The van der Waals surface area contributed by atoms with Crippen molar-refractivity contribution in [2.24, 2.45) is 0 Å². The lowest BCUT2D eigenvalue weighted by Gasteiger charge is -2.24. The zero-order chi connectivity index (χ0) is 14.0. The van der Waals surface area contributed by atoms with Crippen molar-refractivity contribution in [3.05, 3.63) is 35.9 Å². The third kappa shape index (κ3) is 2.57. The summed E-state index contributed by atoms with van der Waals surface area (Å²) in [6.45, 7) is 0.0910. The Labute approximate surface area is 110 Å². The van der Waals surface area contributed by atoms with Crippen LogP contribution in [-0.2, 0) is 16.1 Å². The Morgan fingerprint density at radius 1 is 1.37 bits per heavy atom. The maximum absolute atomic E-state index is 11.9. The molecule has 0 bridgehead atoms. The molecule has 19 heavy (non-hydrogen) atoms. The Kier molecular flexibility index (Phi) is 3.50. The summed E-state index contributed by atoms with van der Waals surface area (Å²) < 4.78 is 0. The van der Waals surface area contributed by atoms with Gasteiger partial charge >= 0.3 is 6.09 Å². The van der Waals surface area contributed by atoms with Gasteiger partial charge in [0.25, 0.3) is 5.91 Å². The first kappa shape index (κ1) is 13.1. The highest BCUT2D eigenvalue weighted by atomic mass is 16.4. The number of hydrogen-bond donors (Lipinski definition) is 1. The first-order valence-electron chi connectivity index (χ1n) is 5.84. The molecule has 1 saturated heterocycles. The minimum Gasteiger partial charge on any atom is -0.465 e. The molecule has 0 spiro atoms. The zero-order valence-corrected chi connectivity index (χ0v) is 10.4. The normalized spacial score (nSPS) is 18.8. The van der Waals surface area contributed by atoms with Gasteiger partial charge in [0.15, 0.2) is 0 Å². The third-order valence-corrected chi connectivity index (χ3v) is 3.18. The smallest absolute Gasteiger partial charge is 0.408 e. The van der Waals surface area contributed by atoms with Crippen molar-refractivity contribution in [3.8, 4) is 0 Å². The molecule has 1 aliphatic heterocycles. The summed E-state index contributed by atoms with van der Waals surface area (Å²) in [6.07, 6.45) is -1.29. The van der Waals surface area contributed by atoms with Crippen LogP contribution >= 0.6 is 0 Å². The molecule has 1 N–H and O–H groups in total. The standard InChI is InChI=1S/C13H14N2O4/c1-14-11(16)7-10(12(14)17)15(13(18)19)8-9-5-3-2-4-6-9/h2-6,10H,7-8H2,1H3,(H,18,19)/t10-/m0/s1. The highest BCUT2D eigenvalue weighted by molar-refractivity contribution is 6.06. The van der Waals surface area contributed by atoms with Crippen molar-refractivity contribution in [1.29, 1.82) is 0 Å². The van der Waals surface area contributed by atoms with E-state index in [1.54, 1.807) is 24.3 Å². The van der Waals surface area contributed by atoms with Crippen molar-refractivity contribution in [1.82, 2.24) is 9.80 Å². The quantitative estimate of drug-likeness (QED) is 0.822. The van der Waals surface area contributed by atoms with Gasteiger partial charge in [0.1, 0.15) is 6.04 Å². The number of carboxylic acid groups (broad SMARTS) is 1. The van der Waals surface area contributed by atoms with Crippen LogP contribution in [0, 0.1) is 0 Å². The van der Waals surface area contributed by atoms with Crippen LogP contribution < -0.4 is 0 Å². The highest BCUT2D eigenvalue weighted by Crippen LogP contribution is 2.19. The fourth-order valence-corrected chi connectivity index (χ4v) is 2.07. The minimum atomic E-state index is -1.20. The maximum atomic E-state index is 11.9. The van der Waals surface area contributed by atoms with Gasteiger partial charge in [-0.3, -0.25) is 19.4 Å². The van der Waals surface area contributed by atoms with E-state index >= 15 is 0 Å². The van der Waals surface area contributed by atoms with Crippen molar-refractivity contribution < 1.29 is 19.5 Å². The average Bonchev–Trinajstić information content (AvgIpc) is 2.64. The van der Waals surface area contributed by atoms with Crippen LogP contribution in [0.15, 0.2) is 30.3 Å². The number of likely N-dealkylation sites (N-methyl/N-ethyl adjacent to an activating group) is 1. The fraction of sp³-hybridized carbons (Fsp3) is 0.308. The molecule has 0 radical (unpaired) electrons. The topological polar surface area (TPSA) is 77.9 Å². The number of imide groups is 1. The molecule has 0 aliphatic carbocycles. The molecule has 1 heterocycles. The van der Waals surface area contributed by atoms with Crippen LogP contribution in [0.1, 0.15) is 12.0 Å². The number of nitrogens with zero attached hydrogens (tertiary/aromatic N) is 2. The van der Waals surface area contributed by atoms with E-state index in [1.165, 1.54) is 7.05 Å². The molecule has 6 heteroatoms. The molecule has 100 valence electrons. The summed E-state index contributed by atoms with van der Waals surface area (Å²) in [5, 5.41) is 9.23. The number of rotatable bonds is 3. The lowest BCUT2D eigenvalue weighted by Crippen LogP contribution is -2.43. The molecule has 0 unspecified atom stereocenters. The van der Waals surface area contributed by atoms with Gasteiger partial charge in [-0.25, -0.2) is 4.79 Å². The van der Waals surface area contributed by atoms with Gasteiger partial charge in [0.2, 0.25) is 5.91 Å². The molecule has 1 aromatic rings. The largest absolute Gasteiger partial charge is 0.465 e. The summed E-state index contributed by atoms with van der Waals surface area (Å²) in [4.78, 5) is 36.6. The van der Waals surface area contributed by atoms with Gasteiger partial charge in [0.05, 0.1) is 6.42 Å². The molecular weight excluding hydrogens is 248 g/mol. The minimum absolute atomic E-state index is 0.0888. The fourth-order valence-electron chi connectivity index (χ4n) is 2.07. The van der Waals surface area contributed by atoms with Crippen molar-refractivity contribution >= 4 is 17.9 Å². The van der Waals surface area contributed by atoms with Gasteiger partial charge in [-0.15, -0.1) is 0 Å². The predicted molar refractivity (Wildman–Crippen MR) is 66.2 cm³/mol. The molecule has 1 atom stereocenters. The number of likely N-dealkylation sites (tertiary alicyclic amines) is 1. The van der Waals surface area contributed by atoms with Crippen LogP contribution in [0.5, 0.6) is 0 Å². The molecule has 0 aromatic heterocycles. The van der Waals surface area contributed by atoms with Gasteiger partial charge in [-0.1, -0.05) is 30.3 Å². The Balaban J connectivity index is 2.20. The molecule has 1 aromatic carbocycles. The van der Waals surface area contributed by atoms with Crippen molar-refractivity contribution in [3.63, 3.8) is 0 Å². The second-order valence-electron chi connectivity index (χ2n) is 4.41. The Morgan fingerprint density at radius 2 is 2.00 bits per heavy atom. The zero-order valence-electron chi connectivity index (χ0n) is 10.4. The van der Waals surface area contributed by atoms with E-state index < -0.39 is 18.0 Å². The van der Waals surface area contributed by atoms with E-state index in [0.29, 0.717) is 0 Å². The summed E-state index contributed by atoms with van der Waals surface area (Å²) in [5.74, 6) is -0.822. The molecule has 2 rings (SSSR count). The average molecular weight is 262 g/mol. The summed E-state index contributed by atoms with van der Waals surface area (Å²) in [5.41, 5.74) is 0.778. The Morgan fingerprint density at radius 3 is 2.47 bits per heavy atom. The number of carbonyl (C=O) groups excluding carboxylic acids is 2. The van der Waals surface area contributed by atoms with Crippen LogP contribution in [-0.4, -0.2) is 45.9 Å². The number of carbonyl (C=O) groups is 3. The van der Waals surface area contributed by atoms with Gasteiger partial charge in [-0.05, 0) is 5.56 Å². The summed E-state index contributed by atoms with van der Waals surface area (Å²) in [7, 11) is 1.37. The predicted octanol–water partition coefficient (Wildman–Crippen LogP) is 0.924. The second kappa shape index (κ2) is 5.09. The van der Waals surface area contributed by atoms with Crippen molar-refractivity contribution in [2.45, 2.75) is 19.0 Å². The number of benzene rings is 1. The SMILES string of the molecule is CN1C(=O)C[C@H](N(Cc2ccccc2)C(=O)O)C1=O. The van der Waals surface area contributed by atoms with E-state index in [0.717, 1.165) is 15.4 Å². The van der Waals surface area contributed by atoms with E-state index in [-0.39, 0.29) is 18.9 Å². The third-order valence-electron chi connectivity index (χ3n) is 3.18. The lowest BCUT2D eigenvalue weighted by atomic mass is 10.1. The van der Waals surface area contributed by atoms with E-state index in [9.17, 15) is 19.5 Å². The monoisotopic (exact) mass is 262 g/mol. The van der Waals surface area contributed by atoms with E-state index in [1.807, 2.05) is 6.07 Å². The highest BCUT2D eigenvalue weighted by Gasteiger charge is 2.41. The first-order valence-corrected chi connectivity index (χ1v) is 5.84. The molecule has 1 fully saturated rings. The first-order chi connectivity index (χ1) is 9.00. The molecule has 1 aliphatic rings. The Bertz CT molecular complexity index is 515.